The molecule has 0 saturated carbocycles. The lowest BCUT2D eigenvalue weighted by atomic mass is 10.2. The number of thioether (sulfide) groups is 2. The molecule has 0 aromatic heterocycles. The smallest absolute Gasteiger partial charge is 0.0751 e. The molecule has 0 spiro atoms. The maximum atomic E-state index is 3.04. The molecule has 0 N–H and O–H groups in total. The Hall–Kier alpha value is -0.0800. The maximum Gasteiger partial charge on any atom is 0.0751 e. The molecule has 1 heterocycles. The van der Waals surface area contributed by atoms with E-state index >= 15 is 0 Å². The standard InChI is InChI=1S/C9H9S2/c1-2-4-8(5-3-1)9-10-6-7-11-9/h2-5,9H,6-7H2. The summed E-state index contributed by atoms with van der Waals surface area (Å²) in [4.78, 5) is 0. The lowest BCUT2D eigenvalue weighted by Crippen LogP contribution is -1.81. The quantitative estimate of drug-likeness (QED) is 0.653. The van der Waals surface area contributed by atoms with Crippen molar-refractivity contribution in [3.05, 3.63) is 35.9 Å². The minimum absolute atomic E-state index is 0.685. The van der Waals surface area contributed by atoms with Crippen LogP contribution in [0.1, 0.15) is 10.1 Å². The van der Waals surface area contributed by atoms with Gasteiger partial charge in [-0.1, -0.05) is 24.3 Å². The molecule has 1 aliphatic rings. The third-order valence-corrected chi connectivity index (χ3v) is 4.74. The lowest BCUT2D eigenvalue weighted by Gasteiger charge is -2.06. The first-order valence-electron chi connectivity index (χ1n) is 3.66. The van der Waals surface area contributed by atoms with E-state index < -0.39 is 0 Å². The van der Waals surface area contributed by atoms with E-state index in [9.17, 15) is 0 Å². The number of hydrogen-bond donors (Lipinski definition) is 0. The SMILES string of the molecule is [c]1ccc(C2SCCS2)cc1. The van der Waals surface area contributed by atoms with Crippen LogP contribution < -0.4 is 0 Å². The van der Waals surface area contributed by atoms with Gasteiger partial charge in [0.2, 0.25) is 0 Å². The Bertz CT molecular complexity index is 214. The first kappa shape index (κ1) is 7.56. The van der Waals surface area contributed by atoms with Gasteiger partial charge in [-0.3, -0.25) is 0 Å². The lowest BCUT2D eigenvalue weighted by molar-refractivity contribution is 1.39. The van der Waals surface area contributed by atoms with Gasteiger partial charge < -0.3 is 0 Å². The molecule has 0 atom stereocenters. The average molecular weight is 181 g/mol. The summed E-state index contributed by atoms with van der Waals surface area (Å²) in [6, 6.07) is 11.4. The summed E-state index contributed by atoms with van der Waals surface area (Å²) in [7, 11) is 0. The van der Waals surface area contributed by atoms with Crippen LogP contribution in [-0.4, -0.2) is 11.5 Å². The van der Waals surface area contributed by atoms with Crippen molar-refractivity contribution in [2.45, 2.75) is 4.58 Å². The largest absolute Gasteiger partial charge is 0.142 e. The third kappa shape index (κ3) is 1.74. The summed E-state index contributed by atoms with van der Waals surface area (Å²) >= 11 is 4.09. The summed E-state index contributed by atoms with van der Waals surface area (Å²) in [5, 5.41) is 0. The fourth-order valence-electron chi connectivity index (χ4n) is 1.11. The first-order chi connectivity index (χ1) is 5.47. The Kier molecular flexibility index (Phi) is 2.44. The van der Waals surface area contributed by atoms with Crippen LogP contribution in [-0.2, 0) is 0 Å². The molecule has 1 fully saturated rings. The minimum atomic E-state index is 0.685. The zero-order chi connectivity index (χ0) is 7.52. The molecule has 1 radical (unpaired) electrons. The van der Waals surface area contributed by atoms with Gasteiger partial charge in [0.25, 0.3) is 0 Å². The molecule has 1 saturated heterocycles. The molecule has 0 nitrogen and oxygen atoms in total. The predicted octanol–water partition coefficient (Wildman–Crippen LogP) is 2.97. The van der Waals surface area contributed by atoms with Crippen molar-refractivity contribution in [1.82, 2.24) is 0 Å². The fraction of sp³-hybridized carbons (Fsp3) is 0.333. The fourth-order valence-corrected chi connectivity index (χ4v) is 3.97. The zero-order valence-electron chi connectivity index (χ0n) is 6.12. The van der Waals surface area contributed by atoms with Crippen LogP contribution in [0.2, 0.25) is 0 Å². The van der Waals surface area contributed by atoms with Gasteiger partial charge in [0.15, 0.2) is 0 Å². The van der Waals surface area contributed by atoms with Crippen LogP contribution in [0.4, 0.5) is 0 Å². The van der Waals surface area contributed by atoms with Crippen molar-refractivity contribution < 1.29 is 0 Å². The second-order valence-electron chi connectivity index (χ2n) is 2.41. The molecule has 1 aromatic rings. The molecule has 11 heavy (non-hydrogen) atoms. The van der Waals surface area contributed by atoms with E-state index in [2.05, 4.69) is 18.2 Å². The second kappa shape index (κ2) is 3.55. The van der Waals surface area contributed by atoms with E-state index in [0.717, 1.165) is 0 Å². The Morgan fingerprint density at radius 1 is 1.18 bits per heavy atom. The highest BCUT2D eigenvalue weighted by Crippen LogP contribution is 2.44. The highest BCUT2D eigenvalue weighted by molar-refractivity contribution is 8.19. The van der Waals surface area contributed by atoms with Gasteiger partial charge in [-0.25, -0.2) is 0 Å². The molecule has 0 amide bonds. The van der Waals surface area contributed by atoms with Crippen LogP contribution in [0, 0.1) is 6.07 Å². The van der Waals surface area contributed by atoms with Gasteiger partial charge >= 0.3 is 0 Å². The molecule has 1 aromatic carbocycles. The van der Waals surface area contributed by atoms with Gasteiger partial charge in [0, 0.05) is 11.5 Å². The van der Waals surface area contributed by atoms with Crippen molar-refractivity contribution in [3.63, 3.8) is 0 Å². The Labute approximate surface area is 75.8 Å². The number of hydrogen-bond acceptors (Lipinski definition) is 2. The van der Waals surface area contributed by atoms with E-state index in [0.29, 0.717) is 4.58 Å². The van der Waals surface area contributed by atoms with Crippen molar-refractivity contribution in [2.24, 2.45) is 0 Å². The van der Waals surface area contributed by atoms with Crippen molar-refractivity contribution in [2.75, 3.05) is 11.5 Å². The van der Waals surface area contributed by atoms with Crippen molar-refractivity contribution >= 4 is 23.5 Å². The van der Waals surface area contributed by atoms with Gasteiger partial charge in [0.1, 0.15) is 0 Å². The summed E-state index contributed by atoms with van der Waals surface area (Å²) in [6.07, 6.45) is 0. The molecule has 2 rings (SSSR count). The van der Waals surface area contributed by atoms with Crippen LogP contribution >= 0.6 is 23.5 Å². The van der Waals surface area contributed by atoms with Gasteiger partial charge in [-0.2, -0.15) is 0 Å². The second-order valence-corrected chi connectivity index (χ2v) is 5.13. The number of rotatable bonds is 1. The summed E-state index contributed by atoms with van der Waals surface area (Å²) in [5.41, 5.74) is 1.44. The Balaban J connectivity index is 2.16. The molecule has 0 unspecified atom stereocenters. The Morgan fingerprint density at radius 2 is 1.82 bits per heavy atom. The van der Waals surface area contributed by atoms with E-state index in [1.54, 1.807) is 0 Å². The van der Waals surface area contributed by atoms with Crippen molar-refractivity contribution in [3.8, 4) is 0 Å². The maximum absolute atomic E-state index is 3.04. The summed E-state index contributed by atoms with van der Waals surface area (Å²) in [6.45, 7) is 0. The van der Waals surface area contributed by atoms with Crippen LogP contribution in [0.5, 0.6) is 0 Å². The van der Waals surface area contributed by atoms with E-state index in [-0.39, 0.29) is 0 Å². The monoisotopic (exact) mass is 181 g/mol. The van der Waals surface area contributed by atoms with Crippen molar-refractivity contribution in [1.29, 1.82) is 0 Å². The summed E-state index contributed by atoms with van der Waals surface area (Å²) < 4.78 is 0.685. The average Bonchev–Trinajstić information content (AvgIpc) is 2.58. The predicted molar refractivity (Wildman–Crippen MR) is 52.9 cm³/mol. The van der Waals surface area contributed by atoms with E-state index in [4.69, 9.17) is 0 Å². The van der Waals surface area contributed by atoms with Gasteiger partial charge in [-0.05, 0) is 11.6 Å². The molecule has 1 aliphatic heterocycles. The number of benzene rings is 1. The summed E-state index contributed by atoms with van der Waals surface area (Å²) in [5.74, 6) is 2.60. The van der Waals surface area contributed by atoms with Gasteiger partial charge in [0.05, 0.1) is 4.58 Å². The van der Waals surface area contributed by atoms with Crippen LogP contribution in [0.15, 0.2) is 24.3 Å². The highest BCUT2D eigenvalue weighted by Gasteiger charge is 2.16. The molecule has 0 aliphatic carbocycles. The van der Waals surface area contributed by atoms with Crippen LogP contribution in [0.3, 0.4) is 0 Å². The molecule has 57 valence electrons. The first-order valence-corrected chi connectivity index (χ1v) is 5.76. The Morgan fingerprint density at radius 3 is 2.45 bits per heavy atom. The molecular weight excluding hydrogens is 172 g/mol. The molecule has 0 bridgehead atoms. The highest BCUT2D eigenvalue weighted by atomic mass is 32.2. The van der Waals surface area contributed by atoms with E-state index in [1.165, 1.54) is 17.1 Å². The normalized spacial score (nSPS) is 18.9. The third-order valence-electron chi connectivity index (χ3n) is 1.64. The van der Waals surface area contributed by atoms with Crippen LogP contribution in [0.25, 0.3) is 0 Å². The topological polar surface area (TPSA) is 0 Å². The van der Waals surface area contributed by atoms with Gasteiger partial charge in [-0.15, -0.1) is 23.5 Å². The molecule has 2 heteroatoms. The zero-order valence-corrected chi connectivity index (χ0v) is 7.75. The van der Waals surface area contributed by atoms with E-state index in [1.807, 2.05) is 35.7 Å². The molecular formula is C9H9S2. The minimum Gasteiger partial charge on any atom is -0.142 e.